The number of benzene rings is 2. The monoisotopic (exact) mass is 408 g/mol. The quantitative estimate of drug-likeness (QED) is 0.764. The minimum absolute atomic E-state index is 0.0165. The van der Waals surface area contributed by atoms with Crippen LogP contribution in [0.25, 0.3) is 0 Å². The number of piperazine rings is 1. The van der Waals surface area contributed by atoms with Gasteiger partial charge in [0, 0.05) is 37.4 Å². The topological polar surface area (TPSA) is 81.8 Å². The minimum atomic E-state index is -0.254. The van der Waals surface area contributed by atoms with Gasteiger partial charge >= 0.3 is 0 Å². The lowest BCUT2D eigenvalue weighted by Crippen LogP contribution is -2.51. The lowest BCUT2D eigenvalue weighted by Gasteiger charge is -2.34. The molecule has 7 nitrogen and oxygen atoms in total. The second kappa shape index (κ2) is 10.0. The lowest BCUT2D eigenvalue weighted by molar-refractivity contribution is -0.125. The predicted molar refractivity (Wildman–Crippen MR) is 116 cm³/mol. The van der Waals surface area contributed by atoms with Crippen LogP contribution in [0.3, 0.4) is 0 Å². The zero-order valence-corrected chi connectivity index (χ0v) is 17.5. The number of anilines is 1. The third-order valence-electron chi connectivity index (χ3n) is 5.37. The van der Waals surface area contributed by atoms with E-state index < -0.39 is 0 Å². The first kappa shape index (κ1) is 21.5. The summed E-state index contributed by atoms with van der Waals surface area (Å²) >= 11 is 0. The van der Waals surface area contributed by atoms with Gasteiger partial charge in [-0.25, -0.2) is 0 Å². The number of hydrogen-bond donors (Lipinski definition) is 2. The Bertz CT molecular complexity index is 906. The maximum atomic E-state index is 12.5. The van der Waals surface area contributed by atoms with Gasteiger partial charge in [0.15, 0.2) is 0 Å². The Balaban J connectivity index is 1.39. The van der Waals surface area contributed by atoms with E-state index in [-0.39, 0.29) is 30.8 Å². The van der Waals surface area contributed by atoms with Crippen molar-refractivity contribution in [3.63, 3.8) is 0 Å². The minimum Gasteiger partial charge on any atom is -0.346 e. The zero-order valence-electron chi connectivity index (χ0n) is 17.5. The highest BCUT2D eigenvalue weighted by Crippen LogP contribution is 2.17. The van der Waals surface area contributed by atoms with E-state index in [0.717, 1.165) is 16.8 Å². The smallest absolute Gasteiger partial charge is 0.253 e. The second-order valence-electron chi connectivity index (χ2n) is 7.51. The Hall–Kier alpha value is -3.19. The summed E-state index contributed by atoms with van der Waals surface area (Å²) < 4.78 is 0. The van der Waals surface area contributed by atoms with Crippen molar-refractivity contribution in [1.82, 2.24) is 15.1 Å². The molecule has 0 aromatic heterocycles. The van der Waals surface area contributed by atoms with Crippen molar-refractivity contribution in [3.05, 3.63) is 65.2 Å². The third kappa shape index (κ3) is 5.67. The van der Waals surface area contributed by atoms with Crippen molar-refractivity contribution in [2.45, 2.75) is 13.8 Å². The van der Waals surface area contributed by atoms with Gasteiger partial charge in [-0.2, -0.15) is 0 Å². The maximum absolute atomic E-state index is 12.5. The first-order chi connectivity index (χ1) is 14.4. The van der Waals surface area contributed by atoms with Crippen molar-refractivity contribution < 1.29 is 14.4 Å². The van der Waals surface area contributed by atoms with Gasteiger partial charge in [-0.1, -0.05) is 30.3 Å². The Morgan fingerprint density at radius 2 is 1.57 bits per heavy atom. The molecule has 2 aromatic carbocycles. The van der Waals surface area contributed by atoms with E-state index in [9.17, 15) is 14.4 Å². The third-order valence-corrected chi connectivity index (χ3v) is 5.37. The molecule has 1 heterocycles. The fourth-order valence-corrected chi connectivity index (χ4v) is 3.39. The summed E-state index contributed by atoms with van der Waals surface area (Å²) in [6.45, 7) is 6.48. The molecule has 2 aromatic rings. The van der Waals surface area contributed by atoms with Gasteiger partial charge in [-0.15, -0.1) is 0 Å². The van der Waals surface area contributed by atoms with E-state index in [1.165, 1.54) is 0 Å². The molecule has 1 aliphatic heterocycles. The van der Waals surface area contributed by atoms with E-state index in [0.29, 0.717) is 31.7 Å². The molecular weight excluding hydrogens is 380 g/mol. The van der Waals surface area contributed by atoms with Crippen LogP contribution in [-0.2, 0) is 9.59 Å². The van der Waals surface area contributed by atoms with Crippen LogP contribution in [-0.4, -0.2) is 66.8 Å². The van der Waals surface area contributed by atoms with Crippen molar-refractivity contribution in [1.29, 1.82) is 0 Å². The SMILES string of the molecule is Cc1cccc(NC(=O)CNC(=O)CN2CCN(C(=O)c3ccccc3)CC2)c1C. The van der Waals surface area contributed by atoms with Crippen LogP contribution in [0.2, 0.25) is 0 Å². The van der Waals surface area contributed by atoms with Crippen molar-refractivity contribution >= 4 is 23.4 Å². The van der Waals surface area contributed by atoms with Gasteiger partial charge in [0.25, 0.3) is 5.91 Å². The largest absolute Gasteiger partial charge is 0.346 e. The Kier molecular flexibility index (Phi) is 7.19. The highest BCUT2D eigenvalue weighted by Gasteiger charge is 2.23. The highest BCUT2D eigenvalue weighted by molar-refractivity contribution is 5.95. The van der Waals surface area contributed by atoms with Crippen LogP contribution in [0.5, 0.6) is 0 Å². The van der Waals surface area contributed by atoms with Crippen LogP contribution in [0, 0.1) is 13.8 Å². The molecule has 0 saturated carbocycles. The van der Waals surface area contributed by atoms with Crippen LogP contribution < -0.4 is 10.6 Å². The molecule has 2 N–H and O–H groups in total. The normalized spacial score (nSPS) is 14.3. The summed E-state index contributed by atoms with van der Waals surface area (Å²) in [5.41, 5.74) is 3.55. The highest BCUT2D eigenvalue weighted by atomic mass is 16.2. The van der Waals surface area contributed by atoms with Crippen molar-refractivity contribution in [2.75, 3.05) is 44.6 Å². The molecule has 7 heteroatoms. The summed E-state index contributed by atoms with van der Waals surface area (Å²) in [6, 6.07) is 14.9. The number of nitrogens with one attached hydrogen (secondary N) is 2. The van der Waals surface area contributed by atoms with E-state index in [2.05, 4.69) is 10.6 Å². The summed E-state index contributed by atoms with van der Waals surface area (Å²) in [5, 5.41) is 5.50. The standard InChI is InChI=1S/C23H28N4O3/c1-17-7-6-10-20(18(17)2)25-21(28)15-24-22(29)16-26-11-13-27(14-12-26)23(30)19-8-4-3-5-9-19/h3-10H,11-16H2,1-2H3,(H,24,29)(H,25,28). The molecule has 1 fully saturated rings. The van der Waals surface area contributed by atoms with E-state index >= 15 is 0 Å². The van der Waals surface area contributed by atoms with E-state index in [1.807, 2.05) is 67.3 Å². The molecule has 1 saturated heterocycles. The number of carbonyl (C=O) groups is 3. The van der Waals surface area contributed by atoms with Crippen LogP contribution >= 0.6 is 0 Å². The van der Waals surface area contributed by atoms with Crippen LogP contribution in [0.15, 0.2) is 48.5 Å². The van der Waals surface area contributed by atoms with Gasteiger partial charge < -0.3 is 15.5 Å². The number of nitrogens with zero attached hydrogens (tertiary/aromatic N) is 2. The molecule has 30 heavy (non-hydrogen) atoms. The fourth-order valence-electron chi connectivity index (χ4n) is 3.39. The molecule has 0 spiro atoms. The van der Waals surface area contributed by atoms with Gasteiger partial charge in [0.1, 0.15) is 0 Å². The second-order valence-corrected chi connectivity index (χ2v) is 7.51. The van der Waals surface area contributed by atoms with Crippen molar-refractivity contribution in [2.24, 2.45) is 0 Å². The van der Waals surface area contributed by atoms with Crippen LogP contribution in [0.1, 0.15) is 21.5 Å². The van der Waals surface area contributed by atoms with Gasteiger partial charge in [-0.3, -0.25) is 19.3 Å². The first-order valence-electron chi connectivity index (χ1n) is 10.1. The summed E-state index contributed by atoms with van der Waals surface area (Å²) in [7, 11) is 0. The number of rotatable bonds is 6. The summed E-state index contributed by atoms with van der Waals surface area (Å²) in [5.74, 6) is -0.438. The molecule has 158 valence electrons. The molecule has 0 bridgehead atoms. The van der Waals surface area contributed by atoms with E-state index in [1.54, 1.807) is 4.90 Å². The van der Waals surface area contributed by atoms with Crippen molar-refractivity contribution in [3.8, 4) is 0 Å². The number of hydrogen-bond acceptors (Lipinski definition) is 4. The number of amides is 3. The summed E-state index contributed by atoms with van der Waals surface area (Å²) in [6.07, 6.45) is 0. The molecule has 0 unspecified atom stereocenters. The Morgan fingerprint density at radius 3 is 2.27 bits per heavy atom. The van der Waals surface area contributed by atoms with Crippen LogP contribution in [0.4, 0.5) is 5.69 Å². The molecule has 0 radical (unpaired) electrons. The molecular formula is C23H28N4O3. The Labute approximate surface area is 177 Å². The van der Waals surface area contributed by atoms with E-state index in [4.69, 9.17) is 0 Å². The molecule has 3 amide bonds. The maximum Gasteiger partial charge on any atom is 0.253 e. The first-order valence-corrected chi connectivity index (χ1v) is 10.1. The number of aryl methyl sites for hydroxylation is 1. The lowest BCUT2D eigenvalue weighted by atomic mass is 10.1. The Morgan fingerprint density at radius 1 is 0.867 bits per heavy atom. The molecule has 3 rings (SSSR count). The fraction of sp³-hybridized carbons (Fsp3) is 0.348. The molecule has 0 aliphatic carbocycles. The number of carbonyl (C=O) groups excluding carboxylic acids is 3. The van der Waals surface area contributed by atoms with Gasteiger partial charge in [-0.05, 0) is 43.2 Å². The average molecular weight is 409 g/mol. The molecule has 0 atom stereocenters. The average Bonchev–Trinajstić information content (AvgIpc) is 2.76. The molecule has 1 aliphatic rings. The van der Waals surface area contributed by atoms with Gasteiger partial charge in [0.2, 0.25) is 11.8 Å². The summed E-state index contributed by atoms with van der Waals surface area (Å²) in [4.78, 5) is 40.6. The van der Waals surface area contributed by atoms with Gasteiger partial charge in [0.05, 0.1) is 13.1 Å². The zero-order chi connectivity index (χ0) is 21.5. The predicted octanol–water partition coefficient (Wildman–Crippen LogP) is 1.82.